The number of carbonyl (C=O) groups is 4. The first-order valence-corrected chi connectivity index (χ1v) is 6.81. The van der Waals surface area contributed by atoms with Crippen molar-refractivity contribution in [1.29, 1.82) is 0 Å². The van der Waals surface area contributed by atoms with E-state index in [1.165, 1.54) is 19.1 Å². The summed E-state index contributed by atoms with van der Waals surface area (Å²) in [6.45, 7) is 2.16. The maximum atomic E-state index is 11.9. The molecule has 1 aromatic rings. The van der Waals surface area contributed by atoms with Crippen LogP contribution in [0.3, 0.4) is 0 Å². The van der Waals surface area contributed by atoms with Gasteiger partial charge >= 0.3 is 17.9 Å². The van der Waals surface area contributed by atoms with Gasteiger partial charge in [-0.15, -0.1) is 0 Å². The Morgan fingerprint density at radius 2 is 1.78 bits per heavy atom. The maximum Gasteiger partial charge on any atom is 0.342 e. The van der Waals surface area contributed by atoms with Crippen LogP contribution in [0.15, 0.2) is 24.3 Å². The van der Waals surface area contributed by atoms with Crippen molar-refractivity contribution in [3.63, 3.8) is 0 Å². The molecular formula is C15H17NO7. The van der Waals surface area contributed by atoms with E-state index in [4.69, 9.17) is 9.47 Å². The van der Waals surface area contributed by atoms with Crippen LogP contribution in [0.25, 0.3) is 0 Å². The van der Waals surface area contributed by atoms with Crippen molar-refractivity contribution in [2.75, 3.05) is 19.8 Å². The van der Waals surface area contributed by atoms with Crippen molar-refractivity contribution in [2.45, 2.75) is 13.8 Å². The van der Waals surface area contributed by atoms with Crippen LogP contribution in [0.4, 0.5) is 0 Å². The van der Waals surface area contributed by atoms with Crippen LogP contribution >= 0.6 is 0 Å². The van der Waals surface area contributed by atoms with Crippen molar-refractivity contribution in [1.82, 2.24) is 5.32 Å². The summed E-state index contributed by atoms with van der Waals surface area (Å²) in [5.41, 5.74) is 0.0147. The minimum atomic E-state index is -0.826. The van der Waals surface area contributed by atoms with Crippen molar-refractivity contribution in [2.24, 2.45) is 0 Å². The molecule has 8 heteroatoms. The standard InChI is InChI=1S/C15H17NO7/c1-3-21-14(19)8-16-13(18)9-22-15(20)11-6-4-5-7-12(11)23-10(2)17/h4-7H,3,8-9H2,1-2H3,(H,16,18). The van der Waals surface area contributed by atoms with Gasteiger partial charge in [0, 0.05) is 6.92 Å². The molecule has 1 aromatic carbocycles. The molecule has 0 radical (unpaired) electrons. The van der Waals surface area contributed by atoms with E-state index in [2.05, 4.69) is 10.1 Å². The van der Waals surface area contributed by atoms with Gasteiger partial charge in [0.05, 0.1) is 6.61 Å². The lowest BCUT2D eigenvalue weighted by Gasteiger charge is -2.09. The Balaban J connectivity index is 2.52. The molecule has 0 fully saturated rings. The van der Waals surface area contributed by atoms with Crippen molar-refractivity contribution < 1.29 is 33.4 Å². The molecule has 0 aliphatic carbocycles. The van der Waals surface area contributed by atoms with Gasteiger partial charge in [0.2, 0.25) is 0 Å². The number of ether oxygens (including phenoxy) is 3. The van der Waals surface area contributed by atoms with Crippen molar-refractivity contribution in [3.05, 3.63) is 29.8 Å². The maximum absolute atomic E-state index is 11.9. The third-order valence-electron chi connectivity index (χ3n) is 2.43. The van der Waals surface area contributed by atoms with Crippen LogP contribution in [-0.4, -0.2) is 43.6 Å². The normalized spacial score (nSPS) is 9.65. The molecule has 8 nitrogen and oxygen atoms in total. The summed E-state index contributed by atoms with van der Waals surface area (Å²) in [7, 11) is 0. The van der Waals surface area contributed by atoms with E-state index in [1.54, 1.807) is 19.1 Å². The number of benzene rings is 1. The fraction of sp³-hybridized carbons (Fsp3) is 0.333. The van der Waals surface area contributed by atoms with E-state index in [9.17, 15) is 19.2 Å². The Kier molecular flexibility index (Phi) is 7.25. The fourth-order valence-electron chi connectivity index (χ4n) is 1.52. The van der Waals surface area contributed by atoms with E-state index in [0.29, 0.717) is 0 Å². The topological polar surface area (TPSA) is 108 Å². The zero-order chi connectivity index (χ0) is 17.2. The van der Waals surface area contributed by atoms with Crippen molar-refractivity contribution >= 4 is 23.8 Å². The quantitative estimate of drug-likeness (QED) is 0.573. The molecular weight excluding hydrogens is 306 g/mol. The zero-order valence-corrected chi connectivity index (χ0v) is 12.8. The van der Waals surface area contributed by atoms with Crippen LogP contribution in [0.2, 0.25) is 0 Å². The summed E-state index contributed by atoms with van der Waals surface area (Å²) in [5, 5.41) is 2.24. The van der Waals surface area contributed by atoms with E-state index >= 15 is 0 Å². The molecule has 0 bridgehead atoms. The predicted octanol–water partition coefficient (Wildman–Crippen LogP) is 0.448. The Morgan fingerprint density at radius 1 is 1.09 bits per heavy atom. The lowest BCUT2D eigenvalue weighted by atomic mass is 10.2. The highest BCUT2D eigenvalue weighted by atomic mass is 16.6. The molecule has 0 aromatic heterocycles. The highest BCUT2D eigenvalue weighted by molar-refractivity contribution is 5.95. The van der Waals surface area contributed by atoms with Crippen LogP contribution in [0.5, 0.6) is 5.75 Å². The molecule has 1 amide bonds. The Labute approximate surface area is 132 Å². The minimum Gasteiger partial charge on any atom is -0.465 e. The highest BCUT2D eigenvalue weighted by Gasteiger charge is 2.16. The first-order valence-electron chi connectivity index (χ1n) is 6.81. The Bertz CT molecular complexity index is 597. The Morgan fingerprint density at radius 3 is 2.43 bits per heavy atom. The molecule has 0 heterocycles. The molecule has 0 saturated heterocycles. The van der Waals surface area contributed by atoms with Gasteiger partial charge in [-0.1, -0.05) is 12.1 Å². The fourth-order valence-corrected chi connectivity index (χ4v) is 1.52. The first kappa shape index (κ1) is 18.1. The van der Waals surface area contributed by atoms with E-state index in [0.717, 1.165) is 0 Å². The summed E-state index contributed by atoms with van der Waals surface area (Å²) < 4.78 is 14.3. The van der Waals surface area contributed by atoms with Gasteiger partial charge in [0.15, 0.2) is 6.61 Å². The van der Waals surface area contributed by atoms with Crippen LogP contribution in [0, 0.1) is 0 Å². The largest absolute Gasteiger partial charge is 0.465 e. The summed E-state index contributed by atoms with van der Waals surface area (Å²) >= 11 is 0. The zero-order valence-electron chi connectivity index (χ0n) is 12.8. The molecule has 1 rings (SSSR count). The third kappa shape index (κ3) is 6.60. The second-order valence-corrected chi connectivity index (χ2v) is 4.25. The predicted molar refractivity (Wildman–Crippen MR) is 77.7 cm³/mol. The van der Waals surface area contributed by atoms with Gasteiger partial charge in [0.25, 0.3) is 5.91 Å². The summed E-state index contributed by atoms with van der Waals surface area (Å²) in [6.07, 6.45) is 0. The first-order chi connectivity index (χ1) is 10.9. The SMILES string of the molecule is CCOC(=O)CNC(=O)COC(=O)c1ccccc1OC(C)=O. The molecule has 0 atom stereocenters. The number of hydrogen-bond donors (Lipinski definition) is 1. The summed E-state index contributed by atoms with van der Waals surface area (Å²) in [5.74, 6) is -2.62. The van der Waals surface area contributed by atoms with Gasteiger partial charge in [-0.25, -0.2) is 4.79 Å². The van der Waals surface area contributed by atoms with E-state index in [1.807, 2.05) is 0 Å². The average Bonchev–Trinajstić information content (AvgIpc) is 2.51. The van der Waals surface area contributed by atoms with Gasteiger partial charge in [-0.3, -0.25) is 14.4 Å². The molecule has 23 heavy (non-hydrogen) atoms. The van der Waals surface area contributed by atoms with Crippen LogP contribution < -0.4 is 10.1 Å². The number of esters is 3. The van der Waals surface area contributed by atoms with Crippen LogP contribution in [0.1, 0.15) is 24.2 Å². The van der Waals surface area contributed by atoms with Crippen LogP contribution in [-0.2, 0) is 23.9 Å². The van der Waals surface area contributed by atoms with Gasteiger partial charge < -0.3 is 19.5 Å². The molecule has 0 saturated carbocycles. The summed E-state index contributed by atoms with van der Waals surface area (Å²) in [4.78, 5) is 45.4. The molecule has 0 spiro atoms. The smallest absolute Gasteiger partial charge is 0.342 e. The Hall–Kier alpha value is -2.90. The number of hydrogen-bond acceptors (Lipinski definition) is 7. The van der Waals surface area contributed by atoms with Gasteiger partial charge in [-0.05, 0) is 19.1 Å². The molecule has 0 aliphatic rings. The minimum absolute atomic E-state index is 0.0147. The molecule has 1 N–H and O–H groups in total. The van der Waals surface area contributed by atoms with Gasteiger partial charge in [0.1, 0.15) is 17.9 Å². The lowest BCUT2D eigenvalue weighted by molar-refractivity contribution is -0.143. The van der Waals surface area contributed by atoms with E-state index in [-0.39, 0.29) is 24.5 Å². The number of rotatable bonds is 7. The third-order valence-corrected chi connectivity index (χ3v) is 2.43. The van der Waals surface area contributed by atoms with Crippen molar-refractivity contribution in [3.8, 4) is 5.75 Å². The second-order valence-electron chi connectivity index (χ2n) is 4.25. The number of nitrogens with one attached hydrogen (secondary N) is 1. The number of para-hydroxylation sites is 1. The molecule has 124 valence electrons. The average molecular weight is 323 g/mol. The monoisotopic (exact) mass is 323 g/mol. The number of amides is 1. The molecule has 0 aliphatic heterocycles. The van der Waals surface area contributed by atoms with Gasteiger partial charge in [-0.2, -0.15) is 0 Å². The number of carbonyl (C=O) groups excluding carboxylic acids is 4. The second kappa shape index (κ2) is 9.19. The van der Waals surface area contributed by atoms with E-state index < -0.39 is 30.4 Å². The lowest BCUT2D eigenvalue weighted by Crippen LogP contribution is -2.34. The highest BCUT2D eigenvalue weighted by Crippen LogP contribution is 2.19. The summed E-state index contributed by atoms with van der Waals surface area (Å²) in [6, 6.07) is 5.97. The molecule has 0 unspecified atom stereocenters.